The molecule has 4 rings (SSSR count). The Morgan fingerprint density at radius 2 is 1.65 bits per heavy atom. The Morgan fingerprint density at radius 3 is 2.42 bits per heavy atom. The standard InChI is InChI=1S/C23H17N3O5/c27-22-21(26(29)30)19(24-23(28)25-22)12-11-18-17-9-5-4-8-16(17)10-13-20(18)31-14-15-6-2-1-3-7-15/h1-13H,14H2,(H2,24,25,27,28)/b12-11+. The van der Waals surface area contributed by atoms with Crippen LogP contribution in [0.25, 0.3) is 22.9 Å². The van der Waals surface area contributed by atoms with E-state index in [1.54, 1.807) is 6.08 Å². The zero-order valence-corrected chi connectivity index (χ0v) is 16.2. The highest BCUT2D eigenvalue weighted by molar-refractivity contribution is 5.95. The Bertz CT molecular complexity index is 1400. The number of ether oxygens (including phenoxy) is 1. The van der Waals surface area contributed by atoms with Gasteiger partial charge in [0.05, 0.1) is 4.92 Å². The maximum absolute atomic E-state index is 11.9. The highest BCUT2D eigenvalue weighted by Gasteiger charge is 2.19. The van der Waals surface area contributed by atoms with Crippen LogP contribution in [-0.4, -0.2) is 14.9 Å². The second kappa shape index (κ2) is 8.50. The van der Waals surface area contributed by atoms with Gasteiger partial charge in [-0.05, 0) is 34.6 Å². The highest BCUT2D eigenvalue weighted by Crippen LogP contribution is 2.31. The van der Waals surface area contributed by atoms with Gasteiger partial charge in [-0.15, -0.1) is 0 Å². The van der Waals surface area contributed by atoms with Crippen LogP contribution >= 0.6 is 0 Å². The molecule has 0 saturated carbocycles. The summed E-state index contributed by atoms with van der Waals surface area (Å²) < 4.78 is 6.02. The predicted molar refractivity (Wildman–Crippen MR) is 118 cm³/mol. The number of hydrogen-bond acceptors (Lipinski definition) is 5. The molecule has 4 aromatic rings. The summed E-state index contributed by atoms with van der Waals surface area (Å²) >= 11 is 0. The fourth-order valence-corrected chi connectivity index (χ4v) is 3.27. The fraction of sp³-hybridized carbons (Fsp3) is 0.0435. The van der Waals surface area contributed by atoms with Crippen molar-refractivity contribution in [3.05, 3.63) is 115 Å². The van der Waals surface area contributed by atoms with Gasteiger partial charge in [0.25, 0.3) is 0 Å². The van der Waals surface area contributed by atoms with Crippen molar-refractivity contribution in [1.29, 1.82) is 0 Å². The smallest absolute Gasteiger partial charge is 0.357 e. The lowest BCUT2D eigenvalue weighted by molar-refractivity contribution is -0.386. The molecule has 0 unspecified atom stereocenters. The van der Waals surface area contributed by atoms with Crippen molar-refractivity contribution in [2.45, 2.75) is 6.61 Å². The van der Waals surface area contributed by atoms with E-state index >= 15 is 0 Å². The van der Waals surface area contributed by atoms with Crippen molar-refractivity contribution in [2.24, 2.45) is 0 Å². The molecule has 0 bridgehead atoms. The minimum Gasteiger partial charge on any atom is -0.488 e. The van der Waals surface area contributed by atoms with E-state index in [0.29, 0.717) is 17.9 Å². The van der Waals surface area contributed by atoms with Crippen molar-refractivity contribution >= 4 is 28.6 Å². The molecule has 0 atom stereocenters. The van der Waals surface area contributed by atoms with Gasteiger partial charge in [0.15, 0.2) is 0 Å². The SMILES string of the molecule is O=c1[nH]c(/C=C/c2c(OCc3ccccc3)ccc3ccccc23)c([N+](=O)[O-])c(=O)[nH]1. The second-order valence-corrected chi connectivity index (χ2v) is 6.73. The number of rotatable bonds is 6. The molecule has 2 N–H and O–H groups in total. The summed E-state index contributed by atoms with van der Waals surface area (Å²) in [5, 5.41) is 13.1. The molecule has 3 aromatic carbocycles. The van der Waals surface area contributed by atoms with Gasteiger partial charge >= 0.3 is 16.9 Å². The molecule has 0 saturated heterocycles. The molecule has 154 valence electrons. The summed E-state index contributed by atoms with van der Waals surface area (Å²) in [6, 6.07) is 21.0. The predicted octanol–water partition coefficient (Wildman–Crippen LogP) is 3.87. The number of nitrogens with one attached hydrogen (secondary N) is 2. The first-order chi connectivity index (χ1) is 15.0. The Kier molecular flexibility index (Phi) is 5.44. The van der Waals surface area contributed by atoms with E-state index in [4.69, 9.17) is 4.74 Å². The molecule has 1 aromatic heterocycles. The Morgan fingerprint density at radius 1 is 0.903 bits per heavy atom. The average Bonchev–Trinajstić information content (AvgIpc) is 2.76. The van der Waals surface area contributed by atoms with Gasteiger partial charge in [-0.1, -0.05) is 60.7 Å². The van der Waals surface area contributed by atoms with Crippen LogP contribution in [0.3, 0.4) is 0 Å². The van der Waals surface area contributed by atoms with E-state index in [1.165, 1.54) is 6.08 Å². The Labute approximate surface area is 175 Å². The van der Waals surface area contributed by atoms with Gasteiger partial charge in [-0.2, -0.15) is 0 Å². The van der Waals surface area contributed by atoms with E-state index in [0.717, 1.165) is 16.3 Å². The average molecular weight is 415 g/mol. The van der Waals surface area contributed by atoms with E-state index < -0.39 is 21.9 Å². The topological polar surface area (TPSA) is 118 Å². The van der Waals surface area contributed by atoms with Crippen molar-refractivity contribution in [3.8, 4) is 5.75 Å². The van der Waals surface area contributed by atoms with E-state index in [2.05, 4.69) is 4.98 Å². The van der Waals surface area contributed by atoms with Crippen LogP contribution in [0.1, 0.15) is 16.8 Å². The highest BCUT2D eigenvalue weighted by atomic mass is 16.6. The molecule has 1 heterocycles. The third-order valence-corrected chi connectivity index (χ3v) is 4.71. The number of nitrogens with zero attached hydrogens (tertiary/aromatic N) is 1. The van der Waals surface area contributed by atoms with Gasteiger partial charge in [-0.3, -0.25) is 19.9 Å². The monoisotopic (exact) mass is 415 g/mol. The van der Waals surface area contributed by atoms with Crippen molar-refractivity contribution in [3.63, 3.8) is 0 Å². The molecular formula is C23H17N3O5. The van der Waals surface area contributed by atoms with Crippen LogP contribution in [0, 0.1) is 10.1 Å². The summed E-state index contributed by atoms with van der Waals surface area (Å²) in [6.07, 6.45) is 2.94. The zero-order valence-electron chi connectivity index (χ0n) is 16.2. The molecule has 0 aliphatic carbocycles. The van der Waals surface area contributed by atoms with E-state index in [9.17, 15) is 19.7 Å². The first-order valence-electron chi connectivity index (χ1n) is 9.40. The molecule has 0 fully saturated rings. The number of H-pyrrole nitrogens is 2. The summed E-state index contributed by atoms with van der Waals surface area (Å²) in [7, 11) is 0. The maximum atomic E-state index is 11.9. The number of aromatic nitrogens is 2. The third-order valence-electron chi connectivity index (χ3n) is 4.71. The van der Waals surface area contributed by atoms with Gasteiger partial charge in [0.2, 0.25) is 0 Å². The summed E-state index contributed by atoms with van der Waals surface area (Å²) in [5.41, 5.74) is -1.16. The van der Waals surface area contributed by atoms with Crippen molar-refractivity contribution in [2.75, 3.05) is 0 Å². The number of aromatic amines is 2. The minimum atomic E-state index is -1.06. The maximum Gasteiger partial charge on any atom is 0.357 e. The summed E-state index contributed by atoms with van der Waals surface area (Å²) in [4.78, 5) is 38.2. The summed E-state index contributed by atoms with van der Waals surface area (Å²) in [6.45, 7) is 0.335. The first kappa shape index (κ1) is 19.8. The van der Waals surface area contributed by atoms with Crippen LogP contribution in [0.15, 0.2) is 76.3 Å². The summed E-state index contributed by atoms with van der Waals surface area (Å²) in [5.74, 6) is 0.564. The first-order valence-corrected chi connectivity index (χ1v) is 9.40. The lowest BCUT2D eigenvalue weighted by Crippen LogP contribution is -2.25. The number of fused-ring (bicyclic) bond motifs is 1. The Hall–Kier alpha value is -4.46. The van der Waals surface area contributed by atoms with Crippen LogP contribution in [0.2, 0.25) is 0 Å². The van der Waals surface area contributed by atoms with Crippen molar-refractivity contribution in [1.82, 2.24) is 9.97 Å². The molecular weight excluding hydrogens is 398 g/mol. The van der Waals surface area contributed by atoms with Gasteiger partial charge < -0.3 is 9.72 Å². The minimum absolute atomic E-state index is 0.194. The molecule has 8 nitrogen and oxygen atoms in total. The van der Waals surface area contributed by atoms with Gasteiger partial charge in [-0.25, -0.2) is 4.79 Å². The molecule has 0 aliphatic rings. The van der Waals surface area contributed by atoms with E-state index in [1.807, 2.05) is 71.7 Å². The van der Waals surface area contributed by atoms with Crippen LogP contribution < -0.4 is 16.0 Å². The quantitative estimate of drug-likeness (QED) is 0.366. The van der Waals surface area contributed by atoms with E-state index in [-0.39, 0.29) is 5.69 Å². The second-order valence-electron chi connectivity index (χ2n) is 6.73. The normalized spacial score (nSPS) is 11.1. The van der Waals surface area contributed by atoms with Gasteiger partial charge in [0, 0.05) is 5.56 Å². The molecule has 0 spiro atoms. The molecule has 0 aliphatic heterocycles. The van der Waals surface area contributed by atoms with Crippen LogP contribution in [0.4, 0.5) is 5.69 Å². The zero-order chi connectivity index (χ0) is 21.8. The van der Waals surface area contributed by atoms with Crippen LogP contribution in [-0.2, 0) is 6.61 Å². The fourth-order valence-electron chi connectivity index (χ4n) is 3.27. The van der Waals surface area contributed by atoms with Crippen molar-refractivity contribution < 1.29 is 9.66 Å². The largest absolute Gasteiger partial charge is 0.488 e. The number of benzene rings is 3. The number of nitro groups is 1. The molecule has 8 heteroatoms. The molecule has 31 heavy (non-hydrogen) atoms. The number of hydrogen-bond donors (Lipinski definition) is 2. The van der Waals surface area contributed by atoms with Crippen LogP contribution in [0.5, 0.6) is 5.75 Å². The Balaban J connectivity index is 1.80. The molecule has 0 radical (unpaired) electrons. The van der Waals surface area contributed by atoms with Gasteiger partial charge in [0.1, 0.15) is 18.1 Å². The lowest BCUT2D eigenvalue weighted by atomic mass is 10.0. The molecule has 0 amide bonds. The third kappa shape index (κ3) is 4.27. The lowest BCUT2D eigenvalue weighted by Gasteiger charge is -2.12.